The van der Waals surface area contributed by atoms with Crippen molar-refractivity contribution in [3.8, 4) is 0 Å². The largest absolute Gasteiger partial charge is 0.351 e. The van der Waals surface area contributed by atoms with E-state index in [0.29, 0.717) is 5.92 Å². The first kappa shape index (κ1) is 14.4. The van der Waals surface area contributed by atoms with Gasteiger partial charge in [0.25, 0.3) is 0 Å². The normalized spacial score (nSPS) is 19.2. The second-order valence-electron chi connectivity index (χ2n) is 6.62. The second kappa shape index (κ2) is 5.82. The van der Waals surface area contributed by atoms with Crippen molar-refractivity contribution in [2.75, 3.05) is 31.1 Å². The minimum atomic E-state index is 0.595. The van der Waals surface area contributed by atoms with Crippen LogP contribution in [0.1, 0.15) is 29.5 Å². The van der Waals surface area contributed by atoms with Gasteiger partial charge in [0.2, 0.25) is 5.65 Å². The average molecular weight is 340 g/mol. The van der Waals surface area contributed by atoms with E-state index in [4.69, 9.17) is 0 Å². The Hall–Kier alpha value is -1.99. The van der Waals surface area contributed by atoms with Gasteiger partial charge in [0.15, 0.2) is 5.82 Å². The van der Waals surface area contributed by atoms with Gasteiger partial charge in [-0.05, 0) is 24.3 Å². The molecule has 3 aromatic heterocycles. The molecule has 0 bridgehead atoms. The number of anilines is 1. The molecule has 124 valence electrons. The Morgan fingerprint density at radius 3 is 2.75 bits per heavy atom. The number of thiophene rings is 1. The van der Waals surface area contributed by atoms with Crippen molar-refractivity contribution in [3.05, 3.63) is 40.6 Å². The molecule has 1 aliphatic carbocycles. The van der Waals surface area contributed by atoms with Crippen LogP contribution in [0.25, 0.3) is 5.65 Å². The lowest BCUT2D eigenvalue weighted by atomic mass is 10.3. The average Bonchev–Trinajstić information content (AvgIpc) is 3.16. The molecule has 2 aliphatic rings. The predicted octanol–water partition coefficient (Wildman–Crippen LogP) is 2.39. The highest BCUT2D eigenvalue weighted by atomic mass is 32.1. The molecule has 0 N–H and O–H groups in total. The van der Waals surface area contributed by atoms with Crippen LogP contribution in [0.15, 0.2) is 29.9 Å². The summed E-state index contributed by atoms with van der Waals surface area (Å²) in [6.45, 7) is 5.15. The van der Waals surface area contributed by atoms with Crippen molar-refractivity contribution in [3.63, 3.8) is 0 Å². The molecule has 0 spiro atoms. The Balaban J connectivity index is 1.33. The summed E-state index contributed by atoms with van der Waals surface area (Å²) in [5.74, 6) is 2.68. The maximum Gasteiger partial charge on any atom is 0.203 e. The topological polar surface area (TPSA) is 49.6 Å². The number of hydrogen-bond donors (Lipinski definition) is 0. The van der Waals surface area contributed by atoms with E-state index < -0.39 is 0 Å². The summed E-state index contributed by atoms with van der Waals surface area (Å²) in [7, 11) is 0. The third-order valence-electron chi connectivity index (χ3n) is 4.91. The van der Waals surface area contributed by atoms with Crippen LogP contribution in [0, 0.1) is 0 Å². The number of nitrogens with zero attached hydrogens (tertiary/aromatic N) is 6. The zero-order chi connectivity index (χ0) is 15.9. The van der Waals surface area contributed by atoms with E-state index >= 15 is 0 Å². The van der Waals surface area contributed by atoms with Crippen LogP contribution in [-0.2, 0) is 6.54 Å². The van der Waals surface area contributed by atoms with Crippen molar-refractivity contribution < 1.29 is 0 Å². The molecule has 0 amide bonds. The van der Waals surface area contributed by atoms with Crippen LogP contribution < -0.4 is 4.90 Å². The monoisotopic (exact) mass is 340 g/mol. The van der Waals surface area contributed by atoms with Crippen molar-refractivity contribution in [2.45, 2.75) is 25.3 Å². The van der Waals surface area contributed by atoms with Gasteiger partial charge in [-0.1, -0.05) is 6.07 Å². The lowest BCUT2D eigenvalue weighted by Crippen LogP contribution is -2.46. The molecule has 0 aromatic carbocycles. The van der Waals surface area contributed by atoms with Crippen LogP contribution in [0.3, 0.4) is 0 Å². The number of rotatable bonds is 4. The fraction of sp³-hybridized carbons (Fsp3) is 0.471. The molecule has 24 heavy (non-hydrogen) atoms. The van der Waals surface area contributed by atoms with Gasteiger partial charge in [-0.15, -0.1) is 21.5 Å². The van der Waals surface area contributed by atoms with Crippen LogP contribution >= 0.6 is 11.3 Å². The lowest BCUT2D eigenvalue weighted by molar-refractivity contribution is 0.251. The molecular formula is C17H20N6S. The fourth-order valence-corrected chi connectivity index (χ4v) is 4.16. The maximum atomic E-state index is 4.61. The number of fused-ring (bicyclic) bond motifs is 1. The molecule has 7 heteroatoms. The van der Waals surface area contributed by atoms with E-state index in [1.54, 1.807) is 0 Å². The molecule has 1 saturated heterocycles. The van der Waals surface area contributed by atoms with E-state index in [1.165, 1.54) is 17.7 Å². The van der Waals surface area contributed by atoms with E-state index in [-0.39, 0.29) is 0 Å². The molecule has 0 atom stereocenters. The summed E-state index contributed by atoms with van der Waals surface area (Å²) >= 11 is 1.84. The van der Waals surface area contributed by atoms with E-state index in [0.717, 1.165) is 50.0 Å². The first-order valence-corrected chi connectivity index (χ1v) is 9.46. The zero-order valence-electron chi connectivity index (χ0n) is 13.5. The van der Waals surface area contributed by atoms with Gasteiger partial charge < -0.3 is 4.90 Å². The van der Waals surface area contributed by atoms with Gasteiger partial charge in [-0.25, -0.2) is 4.98 Å². The van der Waals surface area contributed by atoms with Gasteiger partial charge in [0, 0.05) is 55.9 Å². The Kier molecular flexibility index (Phi) is 3.48. The Labute approximate surface area is 144 Å². The standard InChI is InChI=1S/C17H20N6S/c1-2-14(24-11-1)12-21-7-9-22(10-8-21)16-17-20-19-15(13-3-4-13)23(17)6-5-18-16/h1-2,5-6,11,13H,3-4,7-10,12H2. The first-order chi connectivity index (χ1) is 11.9. The van der Waals surface area contributed by atoms with E-state index in [1.807, 2.05) is 23.7 Å². The summed E-state index contributed by atoms with van der Waals surface area (Å²) < 4.78 is 2.14. The van der Waals surface area contributed by atoms with Gasteiger partial charge >= 0.3 is 0 Å². The minimum Gasteiger partial charge on any atom is -0.351 e. The Morgan fingerprint density at radius 2 is 2.00 bits per heavy atom. The molecule has 0 unspecified atom stereocenters. The summed E-state index contributed by atoms with van der Waals surface area (Å²) in [6.07, 6.45) is 6.36. The lowest BCUT2D eigenvalue weighted by Gasteiger charge is -2.35. The molecule has 3 aromatic rings. The molecule has 4 heterocycles. The van der Waals surface area contributed by atoms with Gasteiger partial charge in [0.05, 0.1) is 0 Å². The maximum absolute atomic E-state index is 4.61. The summed E-state index contributed by atoms with van der Waals surface area (Å²) in [5, 5.41) is 11.0. The quantitative estimate of drug-likeness (QED) is 0.730. The van der Waals surface area contributed by atoms with Crippen molar-refractivity contribution in [1.29, 1.82) is 0 Å². The number of aromatic nitrogens is 4. The number of piperazine rings is 1. The highest BCUT2D eigenvalue weighted by Gasteiger charge is 2.30. The van der Waals surface area contributed by atoms with Crippen molar-refractivity contribution in [2.24, 2.45) is 0 Å². The van der Waals surface area contributed by atoms with Gasteiger partial charge in [0.1, 0.15) is 5.82 Å². The third-order valence-corrected chi connectivity index (χ3v) is 5.77. The first-order valence-electron chi connectivity index (χ1n) is 8.58. The molecular weight excluding hydrogens is 320 g/mol. The zero-order valence-corrected chi connectivity index (χ0v) is 14.3. The van der Waals surface area contributed by atoms with Crippen LogP contribution in [0.5, 0.6) is 0 Å². The molecule has 6 nitrogen and oxygen atoms in total. The number of hydrogen-bond acceptors (Lipinski definition) is 6. The highest BCUT2D eigenvalue weighted by Crippen LogP contribution is 2.39. The summed E-state index contributed by atoms with van der Waals surface area (Å²) in [5.41, 5.74) is 0.908. The van der Waals surface area contributed by atoms with Crippen LogP contribution in [0.4, 0.5) is 5.82 Å². The fourth-order valence-electron chi connectivity index (χ4n) is 3.41. The smallest absolute Gasteiger partial charge is 0.203 e. The molecule has 5 rings (SSSR count). The molecule has 2 fully saturated rings. The van der Waals surface area contributed by atoms with Crippen molar-refractivity contribution in [1.82, 2.24) is 24.5 Å². The van der Waals surface area contributed by atoms with Gasteiger partial charge in [-0.3, -0.25) is 9.30 Å². The Bertz CT molecular complexity index is 830. The Morgan fingerprint density at radius 1 is 1.12 bits per heavy atom. The molecule has 0 radical (unpaired) electrons. The van der Waals surface area contributed by atoms with E-state index in [2.05, 4.69) is 46.9 Å². The van der Waals surface area contributed by atoms with Crippen LogP contribution in [0.2, 0.25) is 0 Å². The van der Waals surface area contributed by atoms with Crippen LogP contribution in [-0.4, -0.2) is 50.7 Å². The molecule has 1 saturated carbocycles. The predicted molar refractivity (Wildman–Crippen MR) is 94.6 cm³/mol. The molecule has 1 aliphatic heterocycles. The summed E-state index contributed by atoms with van der Waals surface area (Å²) in [4.78, 5) is 10.9. The van der Waals surface area contributed by atoms with Gasteiger partial charge in [-0.2, -0.15) is 0 Å². The summed E-state index contributed by atoms with van der Waals surface area (Å²) in [6, 6.07) is 4.35. The third kappa shape index (κ3) is 2.57. The van der Waals surface area contributed by atoms with Crippen molar-refractivity contribution >= 4 is 22.8 Å². The highest BCUT2D eigenvalue weighted by molar-refractivity contribution is 7.09. The minimum absolute atomic E-state index is 0.595. The SMILES string of the molecule is c1csc(CN2CCN(c3nccn4c(C5CC5)nnc34)CC2)c1. The second-order valence-corrected chi connectivity index (χ2v) is 7.65. The van der Waals surface area contributed by atoms with E-state index in [9.17, 15) is 0 Å².